The van der Waals surface area contributed by atoms with Crippen LogP contribution in [-0.2, 0) is 13.2 Å². The summed E-state index contributed by atoms with van der Waals surface area (Å²) in [6.45, 7) is 0.849. The van der Waals surface area contributed by atoms with Crippen molar-refractivity contribution in [2.75, 3.05) is 0 Å². The number of pyridine rings is 1. The van der Waals surface area contributed by atoms with Gasteiger partial charge in [-0.15, -0.1) is 5.10 Å². The van der Waals surface area contributed by atoms with Crippen molar-refractivity contribution in [2.45, 2.75) is 26.0 Å². The second-order valence-electron chi connectivity index (χ2n) is 5.71. The van der Waals surface area contributed by atoms with Gasteiger partial charge in [0, 0.05) is 23.9 Å². The van der Waals surface area contributed by atoms with Gasteiger partial charge in [0.15, 0.2) is 0 Å². The van der Waals surface area contributed by atoms with Crippen molar-refractivity contribution in [3.05, 3.63) is 41.2 Å². The second-order valence-corrected chi connectivity index (χ2v) is 6.08. The fraction of sp³-hybridized carbons (Fsp3) is 0.312. The fourth-order valence-corrected chi connectivity index (χ4v) is 2.89. The molecular formula is C16H15ClN4O. The smallest absolute Gasteiger partial charge is 0.132 e. The third-order valence-corrected chi connectivity index (χ3v) is 4.43. The van der Waals surface area contributed by atoms with E-state index in [1.807, 2.05) is 22.9 Å². The summed E-state index contributed by atoms with van der Waals surface area (Å²) in [6, 6.07) is 7.69. The zero-order chi connectivity index (χ0) is 15.1. The van der Waals surface area contributed by atoms with E-state index >= 15 is 0 Å². The molecule has 22 heavy (non-hydrogen) atoms. The van der Waals surface area contributed by atoms with Gasteiger partial charge in [-0.25, -0.2) is 4.68 Å². The summed E-state index contributed by atoms with van der Waals surface area (Å²) in [4.78, 5) is 4.20. The number of benzene rings is 1. The van der Waals surface area contributed by atoms with Crippen LogP contribution in [0.15, 0.2) is 30.5 Å². The molecule has 1 N–H and O–H groups in total. The van der Waals surface area contributed by atoms with E-state index in [1.54, 1.807) is 12.3 Å². The van der Waals surface area contributed by atoms with E-state index in [0.717, 1.165) is 34.6 Å². The van der Waals surface area contributed by atoms with Crippen LogP contribution in [0, 0.1) is 5.92 Å². The largest absolute Gasteiger partial charge is 0.390 e. The molecule has 0 spiro atoms. The monoisotopic (exact) mass is 314 g/mol. The number of aromatic nitrogens is 4. The van der Waals surface area contributed by atoms with Gasteiger partial charge in [-0.3, -0.25) is 4.98 Å². The van der Waals surface area contributed by atoms with Crippen LogP contribution in [0.25, 0.3) is 22.2 Å². The number of nitrogens with zero attached hydrogens (tertiary/aromatic N) is 4. The predicted octanol–water partition coefficient (Wildman–Crippen LogP) is 3.05. The highest BCUT2D eigenvalue weighted by Crippen LogP contribution is 2.35. The maximum absolute atomic E-state index is 9.07. The van der Waals surface area contributed by atoms with Gasteiger partial charge in [0.1, 0.15) is 5.52 Å². The molecule has 1 aromatic carbocycles. The lowest BCUT2D eigenvalue weighted by Crippen LogP contribution is -2.01. The Morgan fingerprint density at radius 1 is 1.23 bits per heavy atom. The molecule has 1 aliphatic rings. The molecule has 1 fully saturated rings. The number of fused-ring (bicyclic) bond motifs is 1. The molecule has 3 aromatic rings. The molecule has 0 saturated heterocycles. The van der Waals surface area contributed by atoms with Gasteiger partial charge >= 0.3 is 0 Å². The highest BCUT2D eigenvalue weighted by molar-refractivity contribution is 6.37. The summed E-state index contributed by atoms with van der Waals surface area (Å²) in [7, 11) is 0. The highest BCUT2D eigenvalue weighted by Gasteiger charge is 2.23. The third-order valence-electron chi connectivity index (χ3n) is 4.05. The lowest BCUT2D eigenvalue weighted by atomic mass is 10.1. The SMILES string of the molecule is OCc1ccc(-c2ccc3c(nnn3CC3CC3)c2Cl)cn1. The first-order valence-corrected chi connectivity index (χ1v) is 7.72. The summed E-state index contributed by atoms with van der Waals surface area (Å²) in [5, 5.41) is 18.1. The Bertz CT molecular complexity index is 824. The lowest BCUT2D eigenvalue weighted by molar-refractivity contribution is 0.277. The number of aliphatic hydroxyl groups is 1. The fourth-order valence-electron chi connectivity index (χ4n) is 2.58. The Hall–Kier alpha value is -1.98. The topological polar surface area (TPSA) is 63.8 Å². The zero-order valence-electron chi connectivity index (χ0n) is 11.9. The van der Waals surface area contributed by atoms with E-state index in [0.29, 0.717) is 10.7 Å². The Kier molecular flexibility index (Phi) is 3.32. The predicted molar refractivity (Wildman–Crippen MR) is 84.4 cm³/mol. The molecular weight excluding hydrogens is 300 g/mol. The van der Waals surface area contributed by atoms with E-state index in [4.69, 9.17) is 16.7 Å². The van der Waals surface area contributed by atoms with Crippen molar-refractivity contribution in [3.8, 4) is 11.1 Å². The second kappa shape index (κ2) is 5.34. The first-order chi connectivity index (χ1) is 10.8. The Morgan fingerprint density at radius 2 is 2.09 bits per heavy atom. The maximum Gasteiger partial charge on any atom is 0.132 e. The van der Waals surface area contributed by atoms with Crippen molar-refractivity contribution < 1.29 is 5.11 Å². The quantitative estimate of drug-likeness (QED) is 0.804. The molecule has 112 valence electrons. The van der Waals surface area contributed by atoms with Crippen LogP contribution < -0.4 is 0 Å². The zero-order valence-corrected chi connectivity index (χ0v) is 12.7. The van der Waals surface area contributed by atoms with E-state index in [9.17, 15) is 0 Å². The first kappa shape index (κ1) is 13.7. The van der Waals surface area contributed by atoms with E-state index in [2.05, 4.69) is 15.3 Å². The summed E-state index contributed by atoms with van der Waals surface area (Å²) in [6.07, 6.45) is 4.26. The molecule has 0 unspecified atom stereocenters. The molecule has 0 bridgehead atoms. The normalized spacial score (nSPS) is 14.6. The number of rotatable bonds is 4. The first-order valence-electron chi connectivity index (χ1n) is 7.34. The van der Waals surface area contributed by atoms with Gasteiger partial charge in [-0.05, 0) is 30.9 Å². The minimum atomic E-state index is -0.0669. The summed E-state index contributed by atoms with van der Waals surface area (Å²) < 4.78 is 1.94. The van der Waals surface area contributed by atoms with Crippen molar-refractivity contribution in [1.29, 1.82) is 0 Å². The van der Waals surface area contributed by atoms with Crippen LogP contribution in [0.5, 0.6) is 0 Å². The van der Waals surface area contributed by atoms with E-state index in [-0.39, 0.29) is 6.61 Å². The van der Waals surface area contributed by atoms with Crippen molar-refractivity contribution >= 4 is 22.6 Å². The number of aliphatic hydroxyl groups excluding tert-OH is 1. The van der Waals surface area contributed by atoms with E-state index in [1.165, 1.54) is 12.8 Å². The van der Waals surface area contributed by atoms with E-state index < -0.39 is 0 Å². The van der Waals surface area contributed by atoms with Crippen LogP contribution in [0.1, 0.15) is 18.5 Å². The Morgan fingerprint density at radius 3 is 2.77 bits per heavy atom. The lowest BCUT2D eigenvalue weighted by Gasteiger charge is -2.06. The molecule has 2 aromatic heterocycles. The molecule has 0 radical (unpaired) electrons. The average Bonchev–Trinajstić information content (AvgIpc) is 3.27. The summed E-state index contributed by atoms with van der Waals surface area (Å²) in [5.74, 6) is 0.735. The minimum absolute atomic E-state index is 0.0669. The van der Waals surface area contributed by atoms with Crippen molar-refractivity contribution in [3.63, 3.8) is 0 Å². The molecule has 2 heterocycles. The molecule has 1 aliphatic carbocycles. The standard InChI is InChI=1S/C16H15ClN4O/c17-15-13(11-3-4-12(9-22)18-7-11)5-6-14-16(15)19-20-21(14)8-10-1-2-10/h3-7,10,22H,1-2,8-9H2. The minimum Gasteiger partial charge on any atom is -0.390 e. The van der Waals surface area contributed by atoms with Crippen molar-refractivity contribution in [1.82, 2.24) is 20.0 Å². The Balaban J connectivity index is 1.76. The Labute approximate surface area is 132 Å². The molecule has 0 aliphatic heterocycles. The molecule has 5 nitrogen and oxygen atoms in total. The summed E-state index contributed by atoms with van der Waals surface area (Å²) in [5.41, 5.74) is 4.12. The number of hydrogen-bond acceptors (Lipinski definition) is 4. The number of halogens is 1. The third kappa shape index (κ3) is 2.36. The van der Waals surface area contributed by atoms with Crippen LogP contribution >= 0.6 is 11.6 Å². The molecule has 4 rings (SSSR count). The molecule has 0 amide bonds. The van der Waals surface area contributed by atoms with Gasteiger partial charge in [-0.1, -0.05) is 28.9 Å². The summed E-state index contributed by atoms with van der Waals surface area (Å²) >= 11 is 6.52. The van der Waals surface area contributed by atoms with Gasteiger partial charge in [0.05, 0.1) is 22.8 Å². The van der Waals surface area contributed by atoms with Gasteiger partial charge < -0.3 is 5.11 Å². The van der Waals surface area contributed by atoms with Gasteiger partial charge in [0.2, 0.25) is 0 Å². The number of hydrogen-bond donors (Lipinski definition) is 1. The molecule has 0 atom stereocenters. The van der Waals surface area contributed by atoms with Crippen LogP contribution in [0.4, 0.5) is 0 Å². The van der Waals surface area contributed by atoms with Crippen LogP contribution in [0.2, 0.25) is 5.02 Å². The maximum atomic E-state index is 9.07. The van der Waals surface area contributed by atoms with Crippen LogP contribution in [-0.4, -0.2) is 25.1 Å². The average molecular weight is 315 g/mol. The van der Waals surface area contributed by atoms with Crippen molar-refractivity contribution in [2.24, 2.45) is 5.92 Å². The van der Waals surface area contributed by atoms with Gasteiger partial charge in [0.25, 0.3) is 0 Å². The molecule has 6 heteroatoms. The molecule has 1 saturated carbocycles. The van der Waals surface area contributed by atoms with Gasteiger partial charge in [-0.2, -0.15) is 0 Å². The highest BCUT2D eigenvalue weighted by atomic mass is 35.5. The van der Waals surface area contributed by atoms with Crippen LogP contribution in [0.3, 0.4) is 0 Å².